The highest BCUT2D eigenvalue weighted by molar-refractivity contribution is 5.76. The average molecular weight is 240 g/mol. The number of morpholine rings is 1. The van der Waals surface area contributed by atoms with Crippen molar-refractivity contribution in [2.45, 2.75) is 38.8 Å². The highest BCUT2D eigenvalue weighted by atomic mass is 16.5. The van der Waals surface area contributed by atoms with Gasteiger partial charge in [-0.15, -0.1) is 0 Å². The number of ether oxygens (including phenoxy) is 1. The minimum Gasteiger partial charge on any atom is -0.379 e. The molecule has 0 amide bonds. The number of ketones is 1. The molecule has 0 aromatic heterocycles. The lowest BCUT2D eigenvalue weighted by Crippen LogP contribution is -2.45. The summed E-state index contributed by atoms with van der Waals surface area (Å²) in [5.74, 6) is 0.298. The Morgan fingerprint density at radius 1 is 1.35 bits per heavy atom. The molecule has 2 atom stereocenters. The molecule has 0 aromatic rings. The number of rotatable bonds is 4. The third-order valence-electron chi connectivity index (χ3n) is 3.96. The standard InChI is InChI=1S/C13H24N2O2/c1-11(9-12(2)16)15-4-3-13(10-15)14-5-7-17-8-6-14/h11,13H,3-10H2,1-2H3. The van der Waals surface area contributed by atoms with Crippen LogP contribution in [0.2, 0.25) is 0 Å². The van der Waals surface area contributed by atoms with E-state index in [1.165, 1.54) is 6.42 Å². The molecule has 2 unspecified atom stereocenters. The second-order valence-corrected chi connectivity index (χ2v) is 5.34. The van der Waals surface area contributed by atoms with Gasteiger partial charge in [-0.05, 0) is 20.3 Å². The van der Waals surface area contributed by atoms with Crippen molar-refractivity contribution < 1.29 is 9.53 Å². The van der Waals surface area contributed by atoms with Gasteiger partial charge in [0.2, 0.25) is 0 Å². The van der Waals surface area contributed by atoms with Crippen LogP contribution in [-0.4, -0.2) is 67.1 Å². The fraction of sp³-hybridized carbons (Fsp3) is 0.923. The van der Waals surface area contributed by atoms with Crippen molar-refractivity contribution in [3.05, 3.63) is 0 Å². The van der Waals surface area contributed by atoms with Gasteiger partial charge in [0.15, 0.2) is 0 Å². The number of carbonyl (C=O) groups is 1. The van der Waals surface area contributed by atoms with E-state index in [0.717, 1.165) is 39.4 Å². The van der Waals surface area contributed by atoms with Crippen LogP contribution in [0, 0.1) is 0 Å². The van der Waals surface area contributed by atoms with Gasteiger partial charge in [0, 0.05) is 44.7 Å². The quantitative estimate of drug-likeness (QED) is 0.726. The highest BCUT2D eigenvalue weighted by Gasteiger charge is 2.30. The molecule has 2 heterocycles. The van der Waals surface area contributed by atoms with Crippen LogP contribution >= 0.6 is 0 Å². The van der Waals surface area contributed by atoms with Crippen molar-refractivity contribution in [2.75, 3.05) is 39.4 Å². The molecular weight excluding hydrogens is 216 g/mol. The fourth-order valence-electron chi connectivity index (χ4n) is 2.95. The van der Waals surface area contributed by atoms with Gasteiger partial charge in [0.1, 0.15) is 5.78 Å². The molecule has 4 nitrogen and oxygen atoms in total. The van der Waals surface area contributed by atoms with Crippen LogP contribution in [0.1, 0.15) is 26.7 Å². The Morgan fingerprint density at radius 2 is 2.06 bits per heavy atom. The summed E-state index contributed by atoms with van der Waals surface area (Å²) < 4.78 is 5.39. The summed E-state index contributed by atoms with van der Waals surface area (Å²) in [5.41, 5.74) is 0. The zero-order valence-electron chi connectivity index (χ0n) is 11.0. The molecule has 2 rings (SSSR count). The zero-order chi connectivity index (χ0) is 12.3. The topological polar surface area (TPSA) is 32.8 Å². The number of likely N-dealkylation sites (tertiary alicyclic amines) is 1. The lowest BCUT2D eigenvalue weighted by Gasteiger charge is -2.32. The van der Waals surface area contributed by atoms with Crippen LogP contribution in [0.4, 0.5) is 0 Å². The molecule has 0 N–H and O–H groups in total. The summed E-state index contributed by atoms with van der Waals surface area (Å²) in [6.45, 7) is 10.00. The third kappa shape index (κ3) is 3.50. The van der Waals surface area contributed by atoms with Crippen molar-refractivity contribution >= 4 is 5.78 Å². The first kappa shape index (κ1) is 13.0. The molecule has 0 spiro atoms. The zero-order valence-corrected chi connectivity index (χ0v) is 11.0. The lowest BCUT2D eigenvalue weighted by atomic mass is 10.1. The van der Waals surface area contributed by atoms with Gasteiger partial charge in [0.05, 0.1) is 13.2 Å². The molecule has 0 aliphatic carbocycles. The molecule has 4 heteroatoms. The minimum absolute atomic E-state index is 0.298. The molecule has 98 valence electrons. The van der Waals surface area contributed by atoms with Gasteiger partial charge in [-0.3, -0.25) is 14.6 Å². The number of hydrogen-bond acceptors (Lipinski definition) is 4. The molecule has 2 fully saturated rings. The first-order valence-electron chi connectivity index (χ1n) is 6.72. The Bertz CT molecular complexity index is 264. The van der Waals surface area contributed by atoms with Crippen LogP contribution in [-0.2, 0) is 9.53 Å². The van der Waals surface area contributed by atoms with E-state index >= 15 is 0 Å². The van der Waals surface area contributed by atoms with Gasteiger partial charge in [0.25, 0.3) is 0 Å². The molecule has 0 aromatic carbocycles. The number of carbonyl (C=O) groups excluding carboxylic acids is 1. The van der Waals surface area contributed by atoms with Crippen LogP contribution in [0.25, 0.3) is 0 Å². The molecule has 0 radical (unpaired) electrons. The van der Waals surface area contributed by atoms with E-state index in [-0.39, 0.29) is 0 Å². The molecular formula is C13H24N2O2. The molecule has 0 saturated carbocycles. The lowest BCUT2D eigenvalue weighted by molar-refractivity contribution is -0.118. The third-order valence-corrected chi connectivity index (χ3v) is 3.96. The molecule has 2 saturated heterocycles. The molecule has 2 aliphatic heterocycles. The van der Waals surface area contributed by atoms with Crippen LogP contribution < -0.4 is 0 Å². The maximum Gasteiger partial charge on any atom is 0.131 e. The maximum atomic E-state index is 11.1. The summed E-state index contributed by atoms with van der Waals surface area (Å²) in [6.07, 6.45) is 1.93. The predicted octanol–water partition coefficient (Wildman–Crippen LogP) is 0.760. The van der Waals surface area contributed by atoms with Gasteiger partial charge in [-0.25, -0.2) is 0 Å². The Kier molecular flexibility index (Phi) is 4.54. The van der Waals surface area contributed by atoms with E-state index in [9.17, 15) is 4.79 Å². The van der Waals surface area contributed by atoms with Crippen molar-refractivity contribution in [3.8, 4) is 0 Å². The fourth-order valence-corrected chi connectivity index (χ4v) is 2.95. The van der Waals surface area contributed by atoms with Crippen LogP contribution in [0.15, 0.2) is 0 Å². The Morgan fingerprint density at radius 3 is 2.71 bits per heavy atom. The van der Waals surface area contributed by atoms with Crippen molar-refractivity contribution in [2.24, 2.45) is 0 Å². The first-order valence-corrected chi connectivity index (χ1v) is 6.72. The summed E-state index contributed by atoms with van der Waals surface area (Å²) in [7, 11) is 0. The van der Waals surface area contributed by atoms with E-state index in [4.69, 9.17) is 4.74 Å². The SMILES string of the molecule is CC(=O)CC(C)N1CCC(N2CCOCC2)C1. The number of hydrogen-bond donors (Lipinski definition) is 0. The summed E-state index contributed by atoms with van der Waals surface area (Å²) in [4.78, 5) is 16.1. The van der Waals surface area contributed by atoms with Gasteiger partial charge >= 0.3 is 0 Å². The van der Waals surface area contributed by atoms with Crippen LogP contribution in [0.3, 0.4) is 0 Å². The number of Topliss-reactive ketones (excluding diaryl/α,β-unsaturated/α-hetero) is 1. The highest BCUT2D eigenvalue weighted by Crippen LogP contribution is 2.20. The molecule has 17 heavy (non-hydrogen) atoms. The average Bonchev–Trinajstić information content (AvgIpc) is 2.78. The predicted molar refractivity (Wildman–Crippen MR) is 67.1 cm³/mol. The second kappa shape index (κ2) is 5.94. The van der Waals surface area contributed by atoms with Crippen molar-refractivity contribution in [3.63, 3.8) is 0 Å². The Hall–Kier alpha value is -0.450. The normalized spacial score (nSPS) is 29.4. The second-order valence-electron chi connectivity index (χ2n) is 5.34. The minimum atomic E-state index is 0.298. The summed E-state index contributed by atoms with van der Waals surface area (Å²) in [6, 6.07) is 1.08. The first-order chi connectivity index (χ1) is 8.16. The summed E-state index contributed by atoms with van der Waals surface area (Å²) >= 11 is 0. The van der Waals surface area contributed by atoms with Gasteiger partial charge < -0.3 is 4.74 Å². The monoisotopic (exact) mass is 240 g/mol. The van der Waals surface area contributed by atoms with Gasteiger partial charge in [-0.2, -0.15) is 0 Å². The van der Waals surface area contributed by atoms with E-state index in [2.05, 4.69) is 16.7 Å². The van der Waals surface area contributed by atoms with Crippen molar-refractivity contribution in [1.82, 2.24) is 9.80 Å². The Balaban J connectivity index is 1.79. The van der Waals surface area contributed by atoms with E-state index in [1.807, 2.05) is 0 Å². The maximum absolute atomic E-state index is 11.1. The number of nitrogens with zero attached hydrogens (tertiary/aromatic N) is 2. The van der Waals surface area contributed by atoms with Crippen molar-refractivity contribution in [1.29, 1.82) is 0 Å². The van der Waals surface area contributed by atoms with E-state index in [1.54, 1.807) is 6.92 Å². The smallest absolute Gasteiger partial charge is 0.131 e. The van der Waals surface area contributed by atoms with Crippen LogP contribution in [0.5, 0.6) is 0 Å². The molecule has 2 aliphatic rings. The Labute approximate surface area is 104 Å². The van der Waals surface area contributed by atoms with E-state index < -0.39 is 0 Å². The van der Waals surface area contributed by atoms with E-state index in [0.29, 0.717) is 24.3 Å². The molecule has 0 bridgehead atoms. The summed E-state index contributed by atoms with van der Waals surface area (Å²) in [5, 5.41) is 0. The van der Waals surface area contributed by atoms with Gasteiger partial charge in [-0.1, -0.05) is 0 Å². The largest absolute Gasteiger partial charge is 0.379 e.